The van der Waals surface area contributed by atoms with E-state index in [0.29, 0.717) is 19.8 Å². The van der Waals surface area contributed by atoms with Crippen LogP contribution in [0.25, 0.3) is 67.2 Å². The highest BCUT2D eigenvalue weighted by molar-refractivity contribution is 5.85. The Morgan fingerprint density at radius 1 is 0.535 bits per heavy atom. The highest BCUT2D eigenvalue weighted by atomic mass is 16.5. The molecule has 0 unspecified atom stereocenters. The maximum Gasteiger partial charge on any atom is 0.140 e. The van der Waals surface area contributed by atoms with E-state index in [1.54, 1.807) is 6.20 Å². The van der Waals surface area contributed by atoms with Crippen molar-refractivity contribution in [3.63, 3.8) is 0 Å². The molecule has 370 valence electrons. The largest absolute Gasteiger partial charge is 0.494 e. The van der Waals surface area contributed by atoms with Gasteiger partial charge >= 0.3 is 0 Å². The van der Waals surface area contributed by atoms with Crippen LogP contribution in [0.15, 0.2) is 146 Å². The molecule has 3 aromatic carbocycles. The van der Waals surface area contributed by atoms with Gasteiger partial charge in [-0.25, -0.2) is 15.0 Å². The highest BCUT2D eigenvalue weighted by Gasteiger charge is 2.17. The van der Waals surface area contributed by atoms with Gasteiger partial charge in [0.25, 0.3) is 0 Å². The molecule has 8 heterocycles. The smallest absolute Gasteiger partial charge is 0.140 e. The molecule has 0 bridgehead atoms. The van der Waals surface area contributed by atoms with Crippen LogP contribution < -0.4 is 14.2 Å². The fraction of sp³-hybridized carbons (Fsp3) is 0.328. The minimum absolute atomic E-state index is 0. The number of nitrogens with zero attached hydrogens (tertiary/aromatic N) is 7. The number of benzene rings is 3. The summed E-state index contributed by atoms with van der Waals surface area (Å²) in [5, 5.41) is 2.31. The zero-order valence-corrected chi connectivity index (χ0v) is 40.6. The molecule has 0 amide bonds. The molecule has 13 heteroatoms. The van der Waals surface area contributed by atoms with Crippen molar-refractivity contribution >= 4 is 22.1 Å². The lowest BCUT2D eigenvalue weighted by Gasteiger charge is -2.27. The van der Waals surface area contributed by atoms with Crippen LogP contribution >= 0.6 is 0 Å². The number of hydrogen-bond donors (Lipinski definition) is 1. The van der Waals surface area contributed by atoms with Crippen LogP contribution in [-0.4, -0.2) is 124 Å². The van der Waals surface area contributed by atoms with Crippen molar-refractivity contribution in [3.05, 3.63) is 146 Å². The first-order valence-electron chi connectivity index (χ1n) is 24.7. The number of nitrogens with one attached hydrogen (secondary N) is 1. The van der Waals surface area contributed by atoms with E-state index in [4.69, 9.17) is 28.7 Å². The second-order valence-corrected chi connectivity index (χ2v) is 17.1. The molecule has 71 heavy (non-hydrogen) atoms. The molecule has 7 aromatic rings. The lowest BCUT2D eigenvalue weighted by Crippen LogP contribution is -2.38. The van der Waals surface area contributed by atoms with Gasteiger partial charge in [0.1, 0.15) is 34.4 Å². The van der Waals surface area contributed by atoms with Gasteiger partial charge in [-0.05, 0) is 159 Å². The van der Waals surface area contributed by atoms with E-state index in [-0.39, 0.29) is 7.43 Å². The van der Waals surface area contributed by atoms with Gasteiger partial charge in [0.15, 0.2) is 0 Å². The maximum atomic E-state index is 5.58. The molecule has 0 atom stereocenters. The number of pyridine rings is 3. The number of H-pyrrole nitrogens is 1. The van der Waals surface area contributed by atoms with E-state index in [9.17, 15) is 0 Å². The number of hydrogen-bond acceptors (Lipinski definition) is 10. The summed E-state index contributed by atoms with van der Waals surface area (Å²) < 4.78 is 32.0. The first-order valence-corrected chi connectivity index (χ1v) is 24.7. The minimum Gasteiger partial charge on any atom is -0.494 e. The summed E-state index contributed by atoms with van der Waals surface area (Å²) in [6.07, 6.45) is 5.79. The van der Waals surface area contributed by atoms with Crippen molar-refractivity contribution in [2.24, 2.45) is 0 Å². The Morgan fingerprint density at radius 3 is 1.68 bits per heavy atom. The molecular weight excluding hydrogens is 889 g/mol. The predicted molar refractivity (Wildman–Crippen MR) is 286 cm³/mol. The number of aromatic nitrogens is 6. The molecule has 4 aromatic heterocycles. The van der Waals surface area contributed by atoms with E-state index in [1.165, 1.54) is 22.2 Å². The van der Waals surface area contributed by atoms with Gasteiger partial charge in [-0.15, -0.1) is 0 Å². The van der Waals surface area contributed by atoms with Crippen LogP contribution in [0, 0.1) is 0 Å². The van der Waals surface area contributed by atoms with Crippen molar-refractivity contribution in [1.29, 1.82) is 0 Å². The van der Waals surface area contributed by atoms with Crippen molar-refractivity contribution in [1.82, 2.24) is 38.9 Å². The molecule has 2 saturated heterocycles. The van der Waals surface area contributed by atoms with Crippen molar-refractivity contribution in [2.75, 3.05) is 85.5 Å². The quantitative estimate of drug-likeness (QED) is 0.106. The van der Waals surface area contributed by atoms with Gasteiger partial charge in [-0.2, -0.15) is 0 Å². The Hall–Kier alpha value is -7.03. The molecule has 13 nitrogen and oxygen atoms in total. The van der Waals surface area contributed by atoms with Crippen LogP contribution in [0.5, 0.6) is 17.2 Å². The second-order valence-electron chi connectivity index (χ2n) is 17.1. The normalized spacial score (nSPS) is 14.0. The van der Waals surface area contributed by atoms with Crippen molar-refractivity contribution < 1.29 is 23.7 Å². The topological polar surface area (TPSA) is 117 Å². The zero-order chi connectivity index (χ0) is 47.9. The summed E-state index contributed by atoms with van der Waals surface area (Å²) in [6, 6.07) is 43.4. The molecular formula is C58H68N8O5. The number of aromatic amines is 1. The molecule has 11 rings (SSSR count). The summed E-state index contributed by atoms with van der Waals surface area (Å²) in [4.78, 5) is 22.0. The average Bonchev–Trinajstić information content (AvgIpc) is 4.16. The number of fused-ring (bicyclic) bond motifs is 3. The summed E-state index contributed by atoms with van der Waals surface area (Å²) in [6.45, 7) is 19.3. The predicted octanol–water partition coefficient (Wildman–Crippen LogP) is 11.1. The molecule has 0 aliphatic carbocycles. The third kappa shape index (κ3) is 13.0. The Morgan fingerprint density at radius 2 is 1.08 bits per heavy atom. The Bertz CT molecular complexity index is 2920. The zero-order valence-electron chi connectivity index (χ0n) is 40.6. The molecule has 0 saturated carbocycles. The molecule has 0 spiro atoms. The number of ether oxygens (including phenoxy) is 5. The van der Waals surface area contributed by atoms with Gasteiger partial charge in [-0.3, -0.25) is 9.80 Å². The number of morpholine rings is 2. The van der Waals surface area contributed by atoms with Crippen molar-refractivity contribution in [2.45, 2.75) is 41.3 Å². The second kappa shape index (κ2) is 25.2. The SMILES string of the molecule is C.CCOc1ccc(-c2cc3cccn(CCN4CCOCC4)c-3n2)cc1.CCOc1ccc(-c2cc3cccnc3[nH]2)cc1.CCOc1ccc(-c2cc3cccnc3n2CCN2CCOCC2)cc1. The summed E-state index contributed by atoms with van der Waals surface area (Å²) in [7, 11) is 0. The van der Waals surface area contributed by atoms with Gasteiger partial charge in [0, 0.05) is 98.5 Å². The van der Waals surface area contributed by atoms with Gasteiger partial charge in [0.2, 0.25) is 0 Å². The highest BCUT2D eigenvalue weighted by Crippen LogP contribution is 2.31. The lowest BCUT2D eigenvalue weighted by molar-refractivity contribution is 0.0364. The van der Waals surface area contributed by atoms with E-state index >= 15 is 0 Å². The monoisotopic (exact) mass is 957 g/mol. The fourth-order valence-corrected chi connectivity index (χ4v) is 8.91. The van der Waals surface area contributed by atoms with Gasteiger partial charge in [0.05, 0.1) is 57.6 Å². The minimum atomic E-state index is 0. The van der Waals surface area contributed by atoms with Gasteiger partial charge in [-0.1, -0.05) is 7.43 Å². The van der Waals surface area contributed by atoms with Crippen LogP contribution in [-0.2, 0) is 22.6 Å². The number of rotatable bonds is 15. The average molecular weight is 957 g/mol. The van der Waals surface area contributed by atoms with Crippen molar-refractivity contribution in [3.8, 4) is 62.4 Å². The molecule has 0 radical (unpaired) electrons. The van der Waals surface area contributed by atoms with E-state index in [0.717, 1.165) is 141 Å². The van der Waals surface area contributed by atoms with E-state index in [1.807, 2.05) is 75.5 Å². The van der Waals surface area contributed by atoms with E-state index in [2.05, 4.69) is 119 Å². The Kier molecular flexibility index (Phi) is 17.9. The summed E-state index contributed by atoms with van der Waals surface area (Å²) in [5.74, 6) is 3.75. The first kappa shape index (κ1) is 50.4. The fourth-order valence-electron chi connectivity index (χ4n) is 8.91. The van der Waals surface area contributed by atoms with Gasteiger partial charge < -0.3 is 37.8 Å². The standard InChI is InChI=1S/2C21H25N3O2.C15H14N2O.CH4/c1-2-26-19-7-5-17(6-8-19)20-16-18-4-3-9-24(21(18)22-20)11-10-23-12-14-25-15-13-23;1-2-26-19-7-5-17(6-8-19)20-16-18-4-3-9-22-21(18)24(20)11-10-23-12-14-25-15-13-23;1-2-18-13-7-5-11(6-8-13)14-10-12-4-3-9-16-15(12)17-14;/h2*3-9,16H,2,10-15H2,1H3;3-10H,2H2,1H3,(H,16,17);1H4. The Balaban J connectivity index is 0.000000144. The summed E-state index contributed by atoms with van der Waals surface area (Å²) >= 11 is 0. The molecule has 2 fully saturated rings. The maximum absolute atomic E-state index is 5.58. The third-order valence-corrected chi connectivity index (χ3v) is 12.5. The van der Waals surface area contributed by atoms with E-state index < -0.39 is 0 Å². The third-order valence-electron chi connectivity index (χ3n) is 12.5. The van der Waals surface area contributed by atoms with Crippen LogP contribution in [0.2, 0.25) is 0 Å². The first-order chi connectivity index (χ1) is 34.5. The summed E-state index contributed by atoms with van der Waals surface area (Å²) in [5.41, 5.74) is 9.87. The molecule has 4 aliphatic heterocycles. The Labute approximate surface area is 418 Å². The molecule has 4 aliphatic rings. The lowest BCUT2D eigenvalue weighted by atomic mass is 10.1. The van der Waals surface area contributed by atoms with Crippen LogP contribution in [0.3, 0.4) is 0 Å². The molecule has 1 N–H and O–H groups in total. The van der Waals surface area contributed by atoms with Crippen LogP contribution in [0.4, 0.5) is 0 Å². The van der Waals surface area contributed by atoms with Crippen LogP contribution in [0.1, 0.15) is 28.2 Å².